The second-order valence-electron chi connectivity index (χ2n) is 4.24. The Balaban J connectivity index is 2.67. The highest BCUT2D eigenvalue weighted by Crippen LogP contribution is 2.31. The molecule has 1 aromatic carbocycles. The Morgan fingerprint density at radius 1 is 1.29 bits per heavy atom. The van der Waals surface area contributed by atoms with Gasteiger partial charge in [0.2, 0.25) is 0 Å². The maximum absolute atomic E-state index is 11.9. The SMILES string of the molecule is CCCn1c(Sc2ccccc2)c([N+](=O)[O-])c(=O)[nH]c1=O. The average Bonchev–Trinajstić information content (AvgIpc) is 2.43. The number of nitrogens with zero attached hydrogens (tertiary/aromatic N) is 2. The van der Waals surface area contributed by atoms with Crippen LogP contribution in [0.15, 0.2) is 49.8 Å². The second-order valence-corrected chi connectivity index (χ2v) is 5.30. The highest BCUT2D eigenvalue weighted by Gasteiger charge is 2.25. The molecule has 7 nitrogen and oxygen atoms in total. The first kappa shape index (κ1) is 15.0. The van der Waals surface area contributed by atoms with E-state index in [-0.39, 0.29) is 5.03 Å². The molecule has 0 aliphatic carbocycles. The van der Waals surface area contributed by atoms with Crippen LogP contribution in [0.1, 0.15) is 13.3 Å². The van der Waals surface area contributed by atoms with Crippen LogP contribution in [0.3, 0.4) is 0 Å². The summed E-state index contributed by atoms with van der Waals surface area (Å²) < 4.78 is 1.23. The van der Waals surface area contributed by atoms with E-state index in [1.165, 1.54) is 4.57 Å². The Bertz CT molecular complexity index is 767. The van der Waals surface area contributed by atoms with Crippen molar-refractivity contribution < 1.29 is 4.92 Å². The van der Waals surface area contributed by atoms with Gasteiger partial charge in [0.05, 0.1) is 4.92 Å². The quantitative estimate of drug-likeness (QED) is 0.517. The highest BCUT2D eigenvalue weighted by atomic mass is 32.2. The fourth-order valence-corrected chi connectivity index (χ4v) is 2.90. The summed E-state index contributed by atoms with van der Waals surface area (Å²) in [6, 6.07) is 8.90. The van der Waals surface area contributed by atoms with Crippen molar-refractivity contribution in [2.24, 2.45) is 0 Å². The summed E-state index contributed by atoms with van der Waals surface area (Å²) in [5, 5.41) is 11.2. The van der Waals surface area contributed by atoms with E-state index in [0.717, 1.165) is 16.7 Å². The van der Waals surface area contributed by atoms with E-state index < -0.39 is 21.9 Å². The molecule has 0 amide bonds. The van der Waals surface area contributed by atoms with Gasteiger partial charge in [0.1, 0.15) is 0 Å². The molecule has 21 heavy (non-hydrogen) atoms. The van der Waals surface area contributed by atoms with E-state index in [9.17, 15) is 19.7 Å². The summed E-state index contributed by atoms with van der Waals surface area (Å²) in [4.78, 5) is 36.7. The van der Waals surface area contributed by atoms with Gasteiger partial charge in [0.25, 0.3) is 0 Å². The van der Waals surface area contributed by atoms with Gasteiger partial charge < -0.3 is 0 Å². The van der Waals surface area contributed by atoms with Crippen LogP contribution in [0.2, 0.25) is 0 Å². The Hall–Kier alpha value is -2.35. The predicted octanol–water partition coefficient (Wildman–Crippen LogP) is 2.01. The van der Waals surface area contributed by atoms with Crippen molar-refractivity contribution in [1.29, 1.82) is 0 Å². The maximum Gasteiger partial charge on any atom is 0.364 e. The first-order chi connectivity index (χ1) is 10.0. The normalized spacial score (nSPS) is 10.5. The summed E-state index contributed by atoms with van der Waals surface area (Å²) in [5.74, 6) is 0. The molecular weight excluding hydrogens is 294 g/mol. The molecular formula is C13H13N3O4S. The predicted molar refractivity (Wildman–Crippen MR) is 78.8 cm³/mol. The largest absolute Gasteiger partial charge is 0.364 e. The monoisotopic (exact) mass is 307 g/mol. The van der Waals surface area contributed by atoms with Crippen molar-refractivity contribution in [3.63, 3.8) is 0 Å². The number of hydrogen-bond acceptors (Lipinski definition) is 5. The zero-order valence-electron chi connectivity index (χ0n) is 11.2. The Kier molecular flexibility index (Phi) is 4.59. The minimum Gasteiger partial charge on any atom is -0.282 e. The first-order valence-electron chi connectivity index (χ1n) is 6.29. The van der Waals surface area contributed by atoms with Crippen LogP contribution in [0, 0.1) is 10.1 Å². The summed E-state index contributed by atoms with van der Waals surface area (Å²) in [7, 11) is 0. The number of aromatic amines is 1. The second kappa shape index (κ2) is 6.40. The van der Waals surface area contributed by atoms with Gasteiger partial charge in [-0.15, -0.1) is 0 Å². The molecule has 8 heteroatoms. The van der Waals surface area contributed by atoms with Gasteiger partial charge in [-0.2, -0.15) is 0 Å². The minimum atomic E-state index is -0.976. The van der Waals surface area contributed by atoms with Crippen molar-refractivity contribution in [2.45, 2.75) is 29.8 Å². The van der Waals surface area contributed by atoms with Crippen molar-refractivity contribution in [3.8, 4) is 0 Å². The molecule has 0 fully saturated rings. The van der Waals surface area contributed by atoms with Crippen molar-refractivity contribution >= 4 is 17.4 Å². The summed E-state index contributed by atoms with van der Waals surface area (Å²) in [6.45, 7) is 2.14. The number of aromatic nitrogens is 2. The molecule has 0 atom stereocenters. The number of hydrogen-bond donors (Lipinski definition) is 1. The lowest BCUT2D eigenvalue weighted by Crippen LogP contribution is -2.32. The van der Waals surface area contributed by atoms with Gasteiger partial charge in [-0.1, -0.05) is 36.9 Å². The topological polar surface area (TPSA) is 98.0 Å². The van der Waals surface area contributed by atoms with Crippen molar-refractivity contribution in [1.82, 2.24) is 9.55 Å². The van der Waals surface area contributed by atoms with Crippen LogP contribution in [-0.4, -0.2) is 14.5 Å². The number of nitro groups is 1. The molecule has 0 aliphatic heterocycles. The van der Waals surface area contributed by atoms with Crippen LogP contribution < -0.4 is 11.2 Å². The third-order valence-electron chi connectivity index (χ3n) is 2.72. The molecule has 0 spiro atoms. The van der Waals surface area contributed by atoms with Crippen LogP contribution in [-0.2, 0) is 6.54 Å². The van der Waals surface area contributed by atoms with Crippen LogP contribution in [0.4, 0.5) is 5.69 Å². The Morgan fingerprint density at radius 2 is 1.95 bits per heavy atom. The third-order valence-corrected chi connectivity index (χ3v) is 3.83. The van der Waals surface area contributed by atoms with E-state index in [1.54, 1.807) is 24.3 Å². The number of rotatable bonds is 5. The standard InChI is InChI=1S/C13H13N3O4S/c1-2-8-15-12(21-9-6-4-3-5-7-9)10(16(19)20)11(17)14-13(15)18/h3-7H,2,8H2,1H3,(H,14,17,18). The average molecular weight is 307 g/mol. The van der Waals surface area contributed by atoms with Gasteiger partial charge in [-0.25, -0.2) is 4.79 Å². The molecule has 0 radical (unpaired) electrons. The van der Waals surface area contributed by atoms with Crippen LogP contribution in [0.25, 0.3) is 0 Å². The summed E-state index contributed by atoms with van der Waals surface area (Å²) in [5.41, 5.74) is -2.21. The van der Waals surface area contributed by atoms with E-state index in [4.69, 9.17) is 0 Å². The van der Waals surface area contributed by atoms with Gasteiger partial charge >= 0.3 is 16.9 Å². The lowest BCUT2D eigenvalue weighted by Gasteiger charge is -2.10. The molecule has 2 rings (SSSR count). The third kappa shape index (κ3) is 3.22. The fourth-order valence-electron chi connectivity index (χ4n) is 1.83. The molecule has 1 N–H and O–H groups in total. The van der Waals surface area contributed by atoms with E-state index >= 15 is 0 Å². The number of benzene rings is 1. The Morgan fingerprint density at radius 3 is 2.52 bits per heavy atom. The van der Waals surface area contributed by atoms with Crippen LogP contribution in [0.5, 0.6) is 0 Å². The van der Waals surface area contributed by atoms with Gasteiger partial charge in [0, 0.05) is 11.4 Å². The Labute approximate surface area is 123 Å². The molecule has 0 unspecified atom stereocenters. The molecule has 1 aromatic heterocycles. The number of H-pyrrole nitrogens is 1. The molecule has 0 bridgehead atoms. The fraction of sp³-hybridized carbons (Fsp3) is 0.231. The molecule has 1 heterocycles. The van der Waals surface area contributed by atoms with E-state index in [0.29, 0.717) is 13.0 Å². The lowest BCUT2D eigenvalue weighted by atomic mass is 10.4. The molecule has 0 saturated heterocycles. The van der Waals surface area contributed by atoms with Crippen molar-refractivity contribution in [3.05, 3.63) is 61.3 Å². The van der Waals surface area contributed by atoms with E-state index in [2.05, 4.69) is 0 Å². The number of nitrogens with one attached hydrogen (secondary N) is 1. The smallest absolute Gasteiger partial charge is 0.282 e. The molecule has 2 aromatic rings. The van der Waals surface area contributed by atoms with E-state index in [1.807, 2.05) is 18.0 Å². The van der Waals surface area contributed by atoms with Gasteiger partial charge in [0.15, 0.2) is 5.03 Å². The zero-order valence-corrected chi connectivity index (χ0v) is 12.1. The summed E-state index contributed by atoms with van der Waals surface area (Å²) in [6.07, 6.45) is 0.617. The van der Waals surface area contributed by atoms with Crippen LogP contribution >= 0.6 is 11.8 Å². The highest BCUT2D eigenvalue weighted by molar-refractivity contribution is 7.99. The maximum atomic E-state index is 11.9. The van der Waals surface area contributed by atoms with Gasteiger partial charge in [-0.05, 0) is 18.6 Å². The minimum absolute atomic E-state index is 0.0572. The first-order valence-corrected chi connectivity index (χ1v) is 7.10. The zero-order chi connectivity index (χ0) is 15.4. The van der Waals surface area contributed by atoms with Gasteiger partial charge in [-0.3, -0.25) is 24.5 Å². The van der Waals surface area contributed by atoms with Crippen molar-refractivity contribution in [2.75, 3.05) is 0 Å². The molecule has 0 aliphatic rings. The molecule has 110 valence electrons. The molecule has 0 saturated carbocycles. The lowest BCUT2D eigenvalue weighted by molar-refractivity contribution is -0.390. The summed E-state index contributed by atoms with van der Waals surface area (Å²) >= 11 is 1.04.